The highest BCUT2D eigenvalue weighted by atomic mass is 32.1. The predicted octanol–water partition coefficient (Wildman–Crippen LogP) is 1.54. The second-order valence-corrected chi connectivity index (χ2v) is 4.01. The van der Waals surface area contributed by atoms with Crippen molar-refractivity contribution in [1.82, 2.24) is 4.98 Å². The smallest absolute Gasteiger partial charge is 0.471 e. The predicted molar refractivity (Wildman–Crippen MR) is 53.8 cm³/mol. The number of anilines is 1. The standard InChI is InChI=1S/C8H5F3N2O4S/c1-2(14)4-3(5(15)16)12-7(18-4)13-6(17)8(9,10)11/h1H3,(H,15,16)(H,12,13,17). The van der Waals surface area contributed by atoms with Crippen LogP contribution in [0, 0.1) is 0 Å². The fourth-order valence-electron chi connectivity index (χ4n) is 0.925. The van der Waals surface area contributed by atoms with Gasteiger partial charge in [0.1, 0.15) is 4.88 Å². The Balaban J connectivity index is 3.07. The van der Waals surface area contributed by atoms with Crippen LogP contribution in [0.25, 0.3) is 0 Å². The van der Waals surface area contributed by atoms with E-state index in [0.717, 1.165) is 6.92 Å². The first kappa shape index (κ1) is 14.1. The summed E-state index contributed by atoms with van der Waals surface area (Å²) in [5.74, 6) is -4.52. The van der Waals surface area contributed by atoms with Crippen LogP contribution in [0.5, 0.6) is 0 Å². The second kappa shape index (κ2) is 4.72. The number of carbonyl (C=O) groups is 3. The summed E-state index contributed by atoms with van der Waals surface area (Å²) in [6.45, 7) is 1.04. The molecule has 0 aliphatic rings. The normalized spacial score (nSPS) is 11.1. The summed E-state index contributed by atoms with van der Waals surface area (Å²) in [5, 5.41) is 9.46. The third-order valence-corrected chi connectivity index (χ3v) is 2.70. The van der Waals surface area contributed by atoms with Crippen molar-refractivity contribution >= 4 is 34.1 Å². The fraction of sp³-hybridized carbons (Fsp3) is 0.250. The second-order valence-electron chi connectivity index (χ2n) is 3.01. The number of amides is 1. The van der Waals surface area contributed by atoms with Crippen LogP contribution in [0.4, 0.5) is 18.3 Å². The molecule has 1 amide bonds. The third-order valence-electron chi connectivity index (χ3n) is 1.63. The van der Waals surface area contributed by atoms with Crippen LogP contribution < -0.4 is 5.32 Å². The first-order chi connectivity index (χ1) is 8.12. The van der Waals surface area contributed by atoms with E-state index in [0.29, 0.717) is 11.3 Å². The molecule has 98 valence electrons. The molecular formula is C8H5F3N2O4S. The number of alkyl halides is 3. The molecule has 0 radical (unpaired) electrons. The molecule has 0 aliphatic carbocycles. The maximum atomic E-state index is 11.9. The maximum Gasteiger partial charge on any atom is 0.471 e. The molecule has 0 fully saturated rings. The van der Waals surface area contributed by atoms with E-state index >= 15 is 0 Å². The average molecular weight is 282 g/mol. The SMILES string of the molecule is CC(=O)c1sc(NC(=O)C(F)(F)F)nc1C(=O)O. The van der Waals surface area contributed by atoms with E-state index in [2.05, 4.69) is 4.98 Å². The molecule has 1 aromatic heterocycles. The molecular weight excluding hydrogens is 277 g/mol. The van der Waals surface area contributed by atoms with Gasteiger partial charge in [0, 0.05) is 6.92 Å². The summed E-state index contributed by atoms with van der Waals surface area (Å²) in [6, 6.07) is 0. The molecule has 0 aliphatic heterocycles. The van der Waals surface area contributed by atoms with E-state index in [9.17, 15) is 27.6 Å². The summed E-state index contributed by atoms with van der Waals surface area (Å²) in [6.07, 6.45) is -5.12. The number of carboxylic acid groups (broad SMARTS) is 1. The van der Waals surface area contributed by atoms with Crippen molar-refractivity contribution in [3.8, 4) is 0 Å². The van der Waals surface area contributed by atoms with E-state index < -0.39 is 34.7 Å². The summed E-state index contributed by atoms with van der Waals surface area (Å²) >= 11 is 0.367. The summed E-state index contributed by atoms with van der Waals surface area (Å²) < 4.78 is 35.8. The van der Waals surface area contributed by atoms with Crippen LogP contribution in [-0.4, -0.2) is 33.9 Å². The number of aromatic nitrogens is 1. The first-order valence-electron chi connectivity index (χ1n) is 4.26. The zero-order valence-corrected chi connectivity index (χ0v) is 9.48. The van der Waals surface area contributed by atoms with Crippen LogP contribution in [0.2, 0.25) is 0 Å². The van der Waals surface area contributed by atoms with Crippen molar-refractivity contribution in [3.63, 3.8) is 0 Å². The quantitative estimate of drug-likeness (QED) is 0.820. The lowest BCUT2D eigenvalue weighted by Crippen LogP contribution is -2.29. The minimum Gasteiger partial charge on any atom is -0.476 e. The Kier molecular flexibility index (Phi) is 3.70. The summed E-state index contributed by atoms with van der Waals surface area (Å²) in [5.41, 5.74) is -0.690. The van der Waals surface area contributed by atoms with Gasteiger partial charge in [-0.2, -0.15) is 13.2 Å². The number of carbonyl (C=O) groups excluding carboxylic acids is 2. The molecule has 1 rings (SSSR count). The number of hydrogen-bond donors (Lipinski definition) is 2. The van der Waals surface area contributed by atoms with E-state index in [4.69, 9.17) is 5.11 Å². The molecule has 0 unspecified atom stereocenters. The van der Waals surface area contributed by atoms with Gasteiger partial charge in [-0.1, -0.05) is 11.3 Å². The number of nitrogens with zero attached hydrogens (tertiary/aromatic N) is 1. The molecule has 0 saturated carbocycles. The highest BCUT2D eigenvalue weighted by molar-refractivity contribution is 7.18. The minimum absolute atomic E-state index is 0.333. The molecule has 0 aromatic carbocycles. The number of nitrogens with one attached hydrogen (secondary N) is 1. The molecule has 0 spiro atoms. The van der Waals surface area contributed by atoms with Gasteiger partial charge < -0.3 is 5.11 Å². The van der Waals surface area contributed by atoms with Gasteiger partial charge in [0.2, 0.25) is 0 Å². The third kappa shape index (κ3) is 3.03. The number of carboxylic acids is 1. The van der Waals surface area contributed by atoms with Crippen molar-refractivity contribution in [2.24, 2.45) is 0 Å². The van der Waals surface area contributed by atoms with Gasteiger partial charge in [-0.3, -0.25) is 14.9 Å². The molecule has 1 heterocycles. The van der Waals surface area contributed by atoms with E-state index in [1.807, 2.05) is 0 Å². The highest BCUT2D eigenvalue weighted by Gasteiger charge is 2.39. The molecule has 1 aromatic rings. The lowest BCUT2D eigenvalue weighted by atomic mass is 10.3. The topological polar surface area (TPSA) is 96.4 Å². The van der Waals surface area contributed by atoms with Crippen LogP contribution in [0.15, 0.2) is 0 Å². The van der Waals surface area contributed by atoms with Gasteiger partial charge in [0.05, 0.1) is 0 Å². The number of ketones is 1. The van der Waals surface area contributed by atoms with Gasteiger partial charge in [0.15, 0.2) is 16.6 Å². The maximum absolute atomic E-state index is 11.9. The zero-order valence-electron chi connectivity index (χ0n) is 8.66. The fourth-order valence-corrected chi connectivity index (χ4v) is 1.77. The number of halogens is 3. The molecule has 0 saturated heterocycles. The van der Waals surface area contributed by atoms with Crippen molar-refractivity contribution in [3.05, 3.63) is 10.6 Å². The Morgan fingerprint density at radius 2 is 1.89 bits per heavy atom. The van der Waals surface area contributed by atoms with Crippen molar-refractivity contribution in [2.45, 2.75) is 13.1 Å². The van der Waals surface area contributed by atoms with Crippen LogP contribution in [-0.2, 0) is 4.79 Å². The van der Waals surface area contributed by atoms with Crippen LogP contribution in [0.3, 0.4) is 0 Å². The molecule has 2 N–H and O–H groups in total. The Bertz CT molecular complexity index is 491. The van der Waals surface area contributed by atoms with Crippen LogP contribution >= 0.6 is 11.3 Å². The lowest BCUT2D eigenvalue weighted by molar-refractivity contribution is -0.167. The van der Waals surface area contributed by atoms with Gasteiger partial charge in [0.25, 0.3) is 0 Å². The monoisotopic (exact) mass is 282 g/mol. The van der Waals surface area contributed by atoms with E-state index in [-0.39, 0.29) is 4.88 Å². The first-order valence-corrected chi connectivity index (χ1v) is 5.07. The number of hydrogen-bond acceptors (Lipinski definition) is 5. The minimum atomic E-state index is -5.12. The number of thiazole rings is 1. The largest absolute Gasteiger partial charge is 0.476 e. The lowest BCUT2D eigenvalue weighted by Gasteiger charge is -2.03. The molecule has 6 nitrogen and oxygen atoms in total. The summed E-state index contributed by atoms with van der Waals surface area (Å²) in [4.78, 5) is 35.2. The Hall–Kier alpha value is -1.97. The Morgan fingerprint density at radius 3 is 2.22 bits per heavy atom. The van der Waals surface area contributed by atoms with Gasteiger partial charge in [-0.15, -0.1) is 0 Å². The van der Waals surface area contributed by atoms with E-state index in [1.54, 1.807) is 0 Å². The zero-order chi connectivity index (χ0) is 14.1. The molecule has 0 atom stereocenters. The number of rotatable bonds is 3. The molecule has 10 heteroatoms. The van der Waals surface area contributed by atoms with Gasteiger partial charge in [-0.05, 0) is 0 Å². The van der Waals surface area contributed by atoms with Crippen molar-refractivity contribution < 1.29 is 32.7 Å². The number of aromatic carboxylic acids is 1. The van der Waals surface area contributed by atoms with Crippen LogP contribution in [0.1, 0.15) is 27.1 Å². The molecule has 18 heavy (non-hydrogen) atoms. The van der Waals surface area contributed by atoms with Crippen molar-refractivity contribution in [1.29, 1.82) is 0 Å². The summed E-state index contributed by atoms with van der Waals surface area (Å²) in [7, 11) is 0. The van der Waals surface area contributed by atoms with Gasteiger partial charge >= 0.3 is 18.1 Å². The Morgan fingerprint density at radius 1 is 1.33 bits per heavy atom. The van der Waals surface area contributed by atoms with Crippen molar-refractivity contribution in [2.75, 3.05) is 5.32 Å². The van der Waals surface area contributed by atoms with E-state index in [1.165, 1.54) is 5.32 Å². The average Bonchev–Trinajstić information content (AvgIpc) is 2.60. The Labute approximate surface area is 101 Å². The highest BCUT2D eigenvalue weighted by Crippen LogP contribution is 2.25. The van der Waals surface area contributed by atoms with Gasteiger partial charge in [-0.25, -0.2) is 9.78 Å². The molecule has 0 bridgehead atoms. The number of Topliss-reactive ketones (excluding diaryl/α,β-unsaturated/α-hetero) is 1.